The highest BCUT2D eigenvalue weighted by Crippen LogP contribution is 2.30. The molecule has 25 heavy (non-hydrogen) atoms. The predicted molar refractivity (Wildman–Crippen MR) is 81.9 cm³/mol. The van der Waals surface area contributed by atoms with E-state index in [4.69, 9.17) is 0 Å². The minimum Gasteiger partial charge on any atom is -0.349 e. The zero-order chi connectivity index (χ0) is 17.9. The van der Waals surface area contributed by atoms with Gasteiger partial charge in [0.2, 0.25) is 5.91 Å². The number of aromatic nitrogens is 5. The molecule has 0 bridgehead atoms. The maximum Gasteiger partial charge on any atom is 0.435 e. The van der Waals surface area contributed by atoms with Gasteiger partial charge in [0.25, 0.3) is 0 Å². The molecule has 1 amide bonds. The van der Waals surface area contributed by atoms with Crippen LogP contribution < -0.4 is 5.32 Å². The van der Waals surface area contributed by atoms with Gasteiger partial charge >= 0.3 is 6.18 Å². The average molecular weight is 350 g/mol. The van der Waals surface area contributed by atoms with E-state index in [0.717, 1.165) is 0 Å². The first-order valence-corrected chi connectivity index (χ1v) is 7.30. The standard InChI is InChI=1S/C15H13F3N6O/c16-15(17,18)12-9-21-23-24(12)11-3-1-10(2-4-11)22-14(25)6-5-13-19-7-8-20-13/h1-4,7-9H,5-6H2,(H,19,20)(H,22,25). The van der Waals surface area contributed by atoms with Crippen molar-refractivity contribution in [3.05, 3.63) is 54.4 Å². The molecule has 0 saturated heterocycles. The number of aromatic amines is 1. The van der Waals surface area contributed by atoms with Crippen molar-refractivity contribution >= 4 is 11.6 Å². The molecule has 0 spiro atoms. The number of hydrogen-bond acceptors (Lipinski definition) is 4. The number of carbonyl (C=O) groups is 1. The van der Waals surface area contributed by atoms with Crippen LogP contribution in [0.1, 0.15) is 17.9 Å². The second-order valence-corrected chi connectivity index (χ2v) is 5.16. The Hall–Kier alpha value is -3.17. The van der Waals surface area contributed by atoms with Crippen LogP contribution in [-0.2, 0) is 17.4 Å². The van der Waals surface area contributed by atoms with E-state index >= 15 is 0 Å². The molecular weight excluding hydrogens is 337 g/mol. The summed E-state index contributed by atoms with van der Waals surface area (Å²) in [5.74, 6) is 0.484. The molecule has 10 heteroatoms. The van der Waals surface area contributed by atoms with Gasteiger partial charge in [0.1, 0.15) is 5.82 Å². The van der Waals surface area contributed by atoms with Gasteiger partial charge in [-0.1, -0.05) is 5.21 Å². The van der Waals surface area contributed by atoms with Crippen LogP contribution in [-0.4, -0.2) is 30.9 Å². The van der Waals surface area contributed by atoms with E-state index in [0.29, 0.717) is 28.8 Å². The molecule has 0 aliphatic carbocycles. The highest BCUT2D eigenvalue weighted by Gasteiger charge is 2.36. The van der Waals surface area contributed by atoms with Crippen molar-refractivity contribution in [3.8, 4) is 5.69 Å². The number of aryl methyl sites for hydroxylation is 1. The molecule has 1 aromatic carbocycles. The zero-order valence-corrected chi connectivity index (χ0v) is 12.8. The lowest BCUT2D eigenvalue weighted by atomic mass is 10.2. The van der Waals surface area contributed by atoms with Crippen LogP contribution in [0.5, 0.6) is 0 Å². The zero-order valence-electron chi connectivity index (χ0n) is 12.8. The molecule has 0 aliphatic rings. The molecule has 3 aromatic rings. The van der Waals surface area contributed by atoms with Gasteiger partial charge in [-0.15, -0.1) is 5.10 Å². The molecular formula is C15H13F3N6O. The normalized spacial score (nSPS) is 11.5. The quantitative estimate of drug-likeness (QED) is 0.740. The van der Waals surface area contributed by atoms with Crippen LogP contribution in [0.25, 0.3) is 5.69 Å². The number of amides is 1. The van der Waals surface area contributed by atoms with E-state index in [1.165, 1.54) is 24.3 Å². The lowest BCUT2D eigenvalue weighted by Crippen LogP contribution is -2.14. The monoisotopic (exact) mass is 350 g/mol. The number of nitrogens with zero attached hydrogens (tertiary/aromatic N) is 4. The van der Waals surface area contributed by atoms with E-state index in [9.17, 15) is 18.0 Å². The number of benzene rings is 1. The van der Waals surface area contributed by atoms with Crippen molar-refractivity contribution in [3.63, 3.8) is 0 Å². The van der Waals surface area contributed by atoms with Gasteiger partial charge in [-0.05, 0) is 24.3 Å². The molecule has 0 unspecified atom stereocenters. The Morgan fingerprint density at radius 1 is 1.24 bits per heavy atom. The van der Waals surface area contributed by atoms with Gasteiger partial charge in [0.05, 0.1) is 11.9 Å². The first-order chi connectivity index (χ1) is 11.9. The summed E-state index contributed by atoms with van der Waals surface area (Å²) in [6.45, 7) is 0. The Morgan fingerprint density at radius 3 is 2.64 bits per heavy atom. The molecule has 2 heterocycles. The molecule has 0 atom stereocenters. The second kappa shape index (κ2) is 6.75. The van der Waals surface area contributed by atoms with E-state index in [1.807, 2.05) is 0 Å². The predicted octanol–water partition coefficient (Wildman–Crippen LogP) is 2.58. The van der Waals surface area contributed by atoms with Gasteiger partial charge in [0.15, 0.2) is 5.69 Å². The van der Waals surface area contributed by atoms with Gasteiger partial charge in [-0.25, -0.2) is 9.67 Å². The topological polar surface area (TPSA) is 88.5 Å². The van der Waals surface area contributed by atoms with Gasteiger partial charge in [-0.3, -0.25) is 4.79 Å². The van der Waals surface area contributed by atoms with E-state index in [2.05, 4.69) is 25.6 Å². The number of alkyl halides is 3. The maximum atomic E-state index is 12.9. The van der Waals surface area contributed by atoms with Crippen molar-refractivity contribution in [2.24, 2.45) is 0 Å². The van der Waals surface area contributed by atoms with Crippen molar-refractivity contribution in [1.29, 1.82) is 0 Å². The second-order valence-electron chi connectivity index (χ2n) is 5.16. The molecule has 3 rings (SSSR count). The van der Waals surface area contributed by atoms with Crippen molar-refractivity contribution in [2.45, 2.75) is 19.0 Å². The van der Waals surface area contributed by atoms with Gasteiger partial charge < -0.3 is 10.3 Å². The van der Waals surface area contributed by atoms with Crippen molar-refractivity contribution in [2.75, 3.05) is 5.32 Å². The van der Waals surface area contributed by atoms with Crippen molar-refractivity contribution < 1.29 is 18.0 Å². The lowest BCUT2D eigenvalue weighted by molar-refractivity contribution is -0.142. The van der Waals surface area contributed by atoms with Gasteiger partial charge in [0, 0.05) is 30.9 Å². The number of H-pyrrole nitrogens is 1. The molecule has 2 aromatic heterocycles. The number of nitrogens with one attached hydrogen (secondary N) is 2. The number of rotatable bonds is 5. The molecule has 0 saturated carbocycles. The minimum atomic E-state index is -4.55. The Kier molecular flexibility index (Phi) is 4.50. The molecule has 130 valence electrons. The molecule has 0 aliphatic heterocycles. The summed E-state index contributed by atoms with van der Waals surface area (Å²) in [7, 11) is 0. The molecule has 2 N–H and O–H groups in total. The third kappa shape index (κ3) is 4.03. The third-order valence-electron chi connectivity index (χ3n) is 3.38. The average Bonchev–Trinajstić information content (AvgIpc) is 3.25. The van der Waals surface area contributed by atoms with E-state index < -0.39 is 11.9 Å². The summed E-state index contributed by atoms with van der Waals surface area (Å²) >= 11 is 0. The van der Waals surface area contributed by atoms with E-state index in [-0.39, 0.29) is 18.0 Å². The summed E-state index contributed by atoms with van der Waals surface area (Å²) in [4.78, 5) is 18.8. The first kappa shape index (κ1) is 16.7. The largest absolute Gasteiger partial charge is 0.435 e. The van der Waals surface area contributed by atoms with E-state index in [1.54, 1.807) is 12.4 Å². The van der Waals surface area contributed by atoms with Crippen LogP contribution in [0, 0.1) is 0 Å². The van der Waals surface area contributed by atoms with Gasteiger partial charge in [-0.2, -0.15) is 13.2 Å². The third-order valence-corrected chi connectivity index (χ3v) is 3.38. The van der Waals surface area contributed by atoms with Crippen LogP contribution in [0.4, 0.5) is 18.9 Å². The Balaban J connectivity index is 1.64. The first-order valence-electron chi connectivity index (χ1n) is 7.30. The van der Waals surface area contributed by atoms with Crippen LogP contribution >= 0.6 is 0 Å². The minimum absolute atomic E-state index is 0.193. The fourth-order valence-corrected chi connectivity index (χ4v) is 2.20. The summed E-state index contributed by atoms with van der Waals surface area (Å²) in [5, 5.41) is 9.42. The maximum absolute atomic E-state index is 12.9. The number of hydrogen-bond donors (Lipinski definition) is 2. The lowest BCUT2D eigenvalue weighted by Gasteiger charge is -2.10. The summed E-state index contributed by atoms with van der Waals surface area (Å²) < 4.78 is 39.3. The number of halogens is 3. The number of imidazole rings is 1. The number of carbonyl (C=O) groups excluding carboxylic acids is 1. The summed E-state index contributed by atoms with van der Waals surface area (Å²) in [5.41, 5.74) is -0.303. The van der Waals surface area contributed by atoms with Crippen LogP contribution in [0.15, 0.2) is 42.9 Å². The highest BCUT2D eigenvalue weighted by atomic mass is 19.4. The Bertz CT molecular complexity index is 839. The summed E-state index contributed by atoms with van der Waals surface area (Å²) in [6.07, 6.45) is 0.0740. The van der Waals surface area contributed by atoms with Crippen LogP contribution in [0.2, 0.25) is 0 Å². The fourth-order valence-electron chi connectivity index (χ4n) is 2.20. The smallest absolute Gasteiger partial charge is 0.349 e. The SMILES string of the molecule is O=C(CCc1ncc[nH]1)Nc1ccc(-n2nncc2C(F)(F)F)cc1. The van der Waals surface area contributed by atoms with Crippen LogP contribution in [0.3, 0.4) is 0 Å². The fraction of sp³-hybridized carbons (Fsp3) is 0.200. The summed E-state index contributed by atoms with van der Waals surface area (Å²) in [6, 6.07) is 5.85. The number of anilines is 1. The van der Waals surface area contributed by atoms with Crippen molar-refractivity contribution in [1.82, 2.24) is 25.0 Å². The Labute approximate surface area is 139 Å². The molecule has 0 fully saturated rings. The molecule has 0 radical (unpaired) electrons. The Morgan fingerprint density at radius 2 is 2.00 bits per heavy atom. The highest BCUT2D eigenvalue weighted by molar-refractivity contribution is 5.90. The molecule has 7 nitrogen and oxygen atoms in total.